The van der Waals surface area contributed by atoms with E-state index in [0.29, 0.717) is 6.54 Å². The molecule has 2 aromatic rings. The Kier molecular flexibility index (Phi) is 5.67. The first-order chi connectivity index (χ1) is 14.2. The number of fused-ring (bicyclic) bond motifs is 1. The number of anilines is 1. The number of benzene rings is 1. The van der Waals surface area contributed by atoms with E-state index in [1.54, 1.807) is 0 Å². The summed E-state index contributed by atoms with van der Waals surface area (Å²) in [6.07, 6.45) is 4.46. The molecule has 1 saturated heterocycles. The lowest BCUT2D eigenvalue weighted by Gasteiger charge is -2.35. The van der Waals surface area contributed by atoms with Gasteiger partial charge in [0.15, 0.2) is 0 Å². The lowest BCUT2D eigenvalue weighted by molar-refractivity contribution is 0.0224. The van der Waals surface area contributed by atoms with Crippen molar-refractivity contribution in [1.29, 1.82) is 0 Å². The van der Waals surface area contributed by atoms with Gasteiger partial charge in [0.1, 0.15) is 5.60 Å². The third-order valence-corrected chi connectivity index (χ3v) is 6.05. The van der Waals surface area contributed by atoms with E-state index in [2.05, 4.69) is 34.1 Å². The van der Waals surface area contributed by atoms with Crippen molar-refractivity contribution in [1.82, 2.24) is 9.88 Å². The van der Waals surface area contributed by atoms with E-state index < -0.39 is 5.60 Å². The van der Waals surface area contributed by atoms with E-state index in [1.807, 2.05) is 38.8 Å². The quantitative estimate of drug-likeness (QED) is 0.618. The second-order valence-electron chi connectivity index (χ2n) is 9.29. The Morgan fingerprint density at radius 2 is 2.03 bits per heavy atom. The van der Waals surface area contributed by atoms with Gasteiger partial charge >= 0.3 is 6.09 Å². The molecule has 160 valence electrons. The molecule has 1 aromatic carbocycles. The van der Waals surface area contributed by atoms with Crippen LogP contribution in [0.1, 0.15) is 62.0 Å². The highest BCUT2D eigenvalue weighted by atomic mass is 35.5. The predicted octanol–water partition coefficient (Wildman–Crippen LogP) is 5.68. The number of amides is 1. The van der Waals surface area contributed by atoms with Gasteiger partial charge in [-0.2, -0.15) is 0 Å². The Morgan fingerprint density at radius 3 is 2.77 bits per heavy atom. The van der Waals surface area contributed by atoms with Crippen LogP contribution in [0.2, 0.25) is 5.02 Å². The molecular weight excluding hydrogens is 398 g/mol. The number of carbonyl (C=O) groups is 1. The topological polar surface area (TPSA) is 45.7 Å². The molecule has 1 aromatic heterocycles. The normalized spacial score (nSPS) is 19.0. The monoisotopic (exact) mass is 427 g/mol. The molecule has 2 aliphatic rings. The van der Waals surface area contributed by atoms with Crippen LogP contribution in [0.25, 0.3) is 0 Å². The molecule has 0 saturated carbocycles. The SMILES string of the molecule is Cc1cc(N2CCc3cc(Cl)cc([C@@H]4CCCN4C(=O)OC(C)(C)C)c3C2)ccn1. The highest BCUT2D eigenvalue weighted by Crippen LogP contribution is 2.39. The van der Waals surface area contributed by atoms with Gasteiger partial charge in [-0.05, 0) is 87.9 Å². The summed E-state index contributed by atoms with van der Waals surface area (Å²) in [4.78, 5) is 21.5. The molecule has 1 amide bonds. The molecule has 30 heavy (non-hydrogen) atoms. The van der Waals surface area contributed by atoms with Gasteiger partial charge in [-0.1, -0.05) is 11.6 Å². The standard InChI is InChI=1S/C24H30ClN3O2/c1-16-12-19(7-9-26-16)27-11-8-17-13-18(25)14-20(21(17)15-27)22-6-5-10-28(22)23(29)30-24(2,3)4/h7,9,12-14,22H,5-6,8,10-11,15H2,1-4H3/t22-/m0/s1. The molecule has 0 radical (unpaired) electrons. The summed E-state index contributed by atoms with van der Waals surface area (Å²) in [5.74, 6) is 0. The molecule has 0 N–H and O–H groups in total. The molecule has 0 spiro atoms. The molecule has 6 heteroatoms. The Balaban J connectivity index is 1.66. The third kappa shape index (κ3) is 4.41. The van der Waals surface area contributed by atoms with Crippen LogP contribution in [-0.4, -0.2) is 34.7 Å². The summed E-state index contributed by atoms with van der Waals surface area (Å²) in [6.45, 7) is 10.2. The number of likely N-dealkylation sites (tertiary alicyclic amines) is 1. The fraction of sp³-hybridized carbons (Fsp3) is 0.500. The maximum atomic E-state index is 12.9. The van der Waals surface area contributed by atoms with Crippen LogP contribution in [0.5, 0.6) is 0 Å². The molecule has 0 aliphatic carbocycles. The van der Waals surface area contributed by atoms with Gasteiger partial charge in [0.2, 0.25) is 0 Å². The highest BCUT2D eigenvalue weighted by molar-refractivity contribution is 6.30. The van der Waals surface area contributed by atoms with Crippen LogP contribution in [-0.2, 0) is 17.7 Å². The molecule has 1 atom stereocenters. The van der Waals surface area contributed by atoms with Crippen molar-refractivity contribution in [3.05, 3.63) is 57.9 Å². The van der Waals surface area contributed by atoms with Gasteiger partial charge in [-0.3, -0.25) is 4.98 Å². The first kappa shape index (κ1) is 21.0. The van der Waals surface area contributed by atoms with Gasteiger partial charge in [0.25, 0.3) is 0 Å². The lowest BCUT2D eigenvalue weighted by Crippen LogP contribution is -2.37. The van der Waals surface area contributed by atoms with Gasteiger partial charge in [0.05, 0.1) is 6.04 Å². The molecule has 0 unspecified atom stereocenters. The number of ether oxygens (including phenoxy) is 1. The average molecular weight is 428 g/mol. The maximum absolute atomic E-state index is 12.9. The van der Waals surface area contributed by atoms with Gasteiger partial charge < -0.3 is 14.5 Å². The summed E-state index contributed by atoms with van der Waals surface area (Å²) in [5.41, 5.74) is 5.44. The van der Waals surface area contributed by atoms with E-state index in [0.717, 1.165) is 48.6 Å². The lowest BCUT2D eigenvalue weighted by atomic mass is 9.90. The fourth-order valence-electron chi connectivity index (χ4n) is 4.53. The molecule has 2 aliphatic heterocycles. The number of carbonyl (C=O) groups excluding carboxylic acids is 1. The van der Waals surface area contributed by atoms with Crippen LogP contribution < -0.4 is 4.90 Å². The van der Waals surface area contributed by atoms with Crippen LogP contribution in [0.3, 0.4) is 0 Å². The van der Waals surface area contributed by atoms with Crippen LogP contribution in [0.4, 0.5) is 10.5 Å². The number of aromatic nitrogens is 1. The average Bonchev–Trinajstić information content (AvgIpc) is 3.15. The predicted molar refractivity (Wildman–Crippen MR) is 120 cm³/mol. The zero-order valence-electron chi connectivity index (χ0n) is 18.2. The largest absolute Gasteiger partial charge is 0.444 e. The molecule has 4 rings (SSSR count). The first-order valence-electron chi connectivity index (χ1n) is 10.7. The van der Waals surface area contributed by atoms with E-state index in [1.165, 1.54) is 16.8 Å². The molecular formula is C24H30ClN3O2. The fourth-order valence-corrected chi connectivity index (χ4v) is 4.78. The molecule has 0 bridgehead atoms. The first-order valence-corrected chi connectivity index (χ1v) is 11.1. The van der Waals surface area contributed by atoms with Crippen molar-refractivity contribution in [2.75, 3.05) is 18.0 Å². The Labute approximate surface area is 184 Å². The molecule has 5 nitrogen and oxygen atoms in total. The van der Waals surface area contributed by atoms with E-state index in [-0.39, 0.29) is 12.1 Å². The summed E-state index contributed by atoms with van der Waals surface area (Å²) in [6, 6.07) is 8.34. The minimum atomic E-state index is -0.506. The zero-order chi connectivity index (χ0) is 21.5. The minimum absolute atomic E-state index is 0.00595. The Bertz CT molecular complexity index is 954. The van der Waals surface area contributed by atoms with Crippen LogP contribution in [0, 0.1) is 6.92 Å². The van der Waals surface area contributed by atoms with Crippen molar-refractivity contribution >= 4 is 23.4 Å². The summed E-state index contributed by atoms with van der Waals surface area (Å²) < 4.78 is 5.69. The number of rotatable bonds is 2. The number of pyridine rings is 1. The van der Waals surface area contributed by atoms with Crippen molar-refractivity contribution in [2.45, 2.75) is 65.1 Å². The van der Waals surface area contributed by atoms with Crippen LogP contribution >= 0.6 is 11.6 Å². The van der Waals surface area contributed by atoms with Crippen molar-refractivity contribution in [2.24, 2.45) is 0 Å². The second kappa shape index (κ2) is 8.10. The molecule has 3 heterocycles. The molecule has 1 fully saturated rings. The zero-order valence-corrected chi connectivity index (χ0v) is 19.0. The van der Waals surface area contributed by atoms with E-state index in [9.17, 15) is 4.79 Å². The number of nitrogens with zero attached hydrogens (tertiary/aromatic N) is 3. The van der Waals surface area contributed by atoms with E-state index in [4.69, 9.17) is 16.3 Å². The minimum Gasteiger partial charge on any atom is -0.444 e. The summed E-state index contributed by atoms with van der Waals surface area (Å²) in [5, 5.41) is 0.744. The highest BCUT2D eigenvalue weighted by Gasteiger charge is 2.35. The van der Waals surface area contributed by atoms with Crippen molar-refractivity contribution < 1.29 is 9.53 Å². The third-order valence-electron chi connectivity index (χ3n) is 5.83. The van der Waals surface area contributed by atoms with Gasteiger partial charge in [-0.15, -0.1) is 0 Å². The van der Waals surface area contributed by atoms with E-state index >= 15 is 0 Å². The van der Waals surface area contributed by atoms with Crippen molar-refractivity contribution in [3.8, 4) is 0 Å². The van der Waals surface area contributed by atoms with Crippen LogP contribution in [0.15, 0.2) is 30.5 Å². The van der Waals surface area contributed by atoms with Gasteiger partial charge in [0, 0.05) is 42.2 Å². The number of hydrogen-bond donors (Lipinski definition) is 0. The number of hydrogen-bond acceptors (Lipinski definition) is 4. The smallest absolute Gasteiger partial charge is 0.410 e. The summed E-state index contributed by atoms with van der Waals surface area (Å²) in [7, 11) is 0. The summed E-state index contributed by atoms with van der Waals surface area (Å²) >= 11 is 6.51. The second-order valence-corrected chi connectivity index (χ2v) is 9.73. The Hall–Kier alpha value is -2.27. The van der Waals surface area contributed by atoms with Gasteiger partial charge in [-0.25, -0.2) is 4.79 Å². The van der Waals surface area contributed by atoms with Crippen molar-refractivity contribution in [3.63, 3.8) is 0 Å². The maximum Gasteiger partial charge on any atom is 0.410 e. The number of aryl methyl sites for hydroxylation is 1. The number of halogens is 1. The Morgan fingerprint density at radius 1 is 1.23 bits per heavy atom.